The van der Waals surface area contributed by atoms with Crippen molar-refractivity contribution >= 4 is 29.3 Å². The summed E-state index contributed by atoms with van der Waals surface area (Å²) in [5.41, 5.74) is 0.141. The quantitative estimate of drug-likeness (QED) is 0.438. The first kappa shape index (κ1) is 20.0. The zero-order valence-electron chi connectivity index (χ0n) is 14.1. The molecule has 8 heteroatoms. The maximum Gasteiger partial charge on any atom is 0.308 e. The minimum absolute atomic E-state index is 0.142. The van der Waals surface area contributed by atoms with Crippen LogP contribution in [0.3, 0.4) is 0 Å². The topological polar surface area (TPSA) is 98.5 Å². The highest BCUT2D eigenvalue weighted by atomic mass is 32.2. The lowest BCUT2D eigenvalue weighted by Gasteiger charge is -2.21. The van der Waals surface area contributed by atoms with E-state index in [9.17, 15) is 19.7 Å². The summed E-state index contributed by atoms with van der Waals surface area (Å²) in [6, 6.07) is 5.24. The molecule has 0 bridgehead atoms. The second-order valence-corrected chi connectivity index (χ2v) is 6.68. The smallest absolute Gasteiger partial charge is 0.308 e. The van der Waals surface area contributed by atoms with Crippen LogP contribution < -0.4 is 5.32 Å². The number of amides is 1. The van der Waals surface area contributed by atoms with Gasteiger partial charge >= 0.3 is 5.97 Å². The zero-order valence-corrected chi connectivity index (χ0v) is 15.0. The molecule has 0 fully saturated rings. The molecule has 0 spiro atoms. The maximum atomic E-state index is 12.2. The zero-order chi connectivity index (χ0) is 18.3. The summed E-state index contributed by atoms with van der Waals surface area (Å²) >= 11 is 1.35. The number of benzene rings is 1. The lowest BCUT2D eigenvalue weighted by atomic mass is 10.0. The molecular weight excluding hydrogens is 332 g/mol. The summed E-state index contributed by atoms with van der Waals surface area (Å²) in [4.78, 5) is 34.9. The van der Waals surface area contributed by atoms with Crippen LogP contribution in [0.15, 0.2) is 24.3 Å². The standard InChI is InChI=1S/C16H22N2O5S/c1-10(2)23-15(19)9-13(17-16(20)11(3)24-4)12-7-5-6-8-14(12)18(21)22/h5-8,10-11,13H,9H2,1-4H3,(H,17,20). The molecule has 1 N–H and O–H groups in total. The molecule has 0 saturated heterocycles. The van der Waals surface area contributed by atoms with Crippen LogP contribution in [-0.2, 0) is 14.3 Å². The van der Waals surface area contributed by atoms with E-state index in [1.165, 1.54) is 30.0 Å². The monoisotopic (exact) mass is 354 g/mol. The van der Waals surface area contributed by atoms with Gasteiger partial charge in [-0.2, -0.15) is 11.8 Å². The van der Waals surface area contributed by atoms with Gasteiger partial charge < -0.3 is 10.1 Å². The number of carbonyl (C=O) groups is 2. The lowest BCUT2D eigenvalue weighted by Crippen LogP contribution is -2.36. The van der Waals surface area contributed by atoms with E-state index >= 15 is 0 Å². The highest BCUT2D eigenvalue weighted by molar-refractivity contribution is 7.99. The first-order valence-electron chi connectivity index (χ1n) is 7.52. The Morgan fingerprint density at radius 3 is 2.46 bits per heavy atom. The molecule has 7 nitrogen and oxygen atoms in total. The number of esters is 1. The summed E-state index contributed by atoms with van der Waals surface area (Å²) in [5, 5.41) is 13.6. The van der Waals surface area contributed by atoms with Crippen LogP contribution in [0.5, 0.6) is 0 Å². The van der Waals surface area contributed by atoms with Crippen LogP contribution in [0.2, 0.25) is 0 Å². The molecule has 1 aromatic rings. The average Bonchev–Trinajstić information content (AvgIpc) is 2.52. The summed E-state index contributed by atoms with van der Waals surface area (Å²) < 4.78 is 5.11. The predicted octanol–water partition coefficient (Wildman–Crippen LogP) is 2.85. The van der Waals surface area contributed by atoms with Crippen LogP contribution in [0.25, 0.3) is 0 Å². The number of nitro benzene ring substituents is 1. The number of thioether (sulfide) groups is 1. The Kier molecular flexibility index (Phi) is 7.70. The van der Waals surface area contributed by atoms with E-state index < -0.39 is 16.9 Å². The van der Waals surface area contributed by atoms with Crippen molar-refractivity contribution in [3.8, 4) is 0 Å². The Morgan fingerprint density at radius 1 is 1.29 bits per heavy atom. The average molecular weight is 354 g/mol. The first-order valence-corrected chi connectivity index (χ1v) is 8.81. The van der Waals surface area contributed by atoms with Crippen molar-refractivity contribution in [3.05, 3.63) is 39.9 Å². The molecule has 0 saturated carbocycles. The second-order valence-electron chi connectivity index (χ2n) is 5.50. The Bertz CT molecular complexity index is 606. The third-order valence-electron chi connectivity index (χ3n) is 3.29. The van der Waals surface area contributed by atoms with Crippen molar-refractivity contribution in [1.82, 2.24) is 5.32 Å². The van der Waals surface area contributed by atoms with Crippen LogP contribution in [0, 0.1) is 10.1 Å². The minimum atomic E-state index is -0.819. The molecule has 1 rings (SSSR count). The maximum absolute atomic E-state index is 12.2. The van der Waals surface area contributed by atoms with Crippen LogP contribution >= 0.6 is 11.8 Å². The number of rotatable bonds is 8. The number of hydrogen-bond donors (Lipinski definition) is 1. The van der Waals surface area contributed by atoms with Crippen LogP contribution in [0.4, 0.5) is 5.69 Å². The molecule has 2 unspecified atom stereocenters. The number of carbonyl (C=O) groups excluding carboxylic acids is 2. The summed E-state index contributed by atoms with van der Waals surface area (Å²) in [6.07, 6.45) is 1.32. The van der Waals surface area contributed by atoms with E-state index in [0.29, 0.717) is 0 Å². The molecule has 0 aliphatic carbocycles. The van der Waals surface area contributed by atoms with E-state index in [0.717, 1.165) is 0 Å². The van der Waals surface area contributed by atoms with Gasteiger partial charge in [-0.3, -0.25) is 19.7 Å². The molecule has 132 valence electrons. The van der Waals surface area contributed by atoms with Gasteiger partial charge in [0.15, 0.2) is 0 Å². The molecule has 0 heterocycles. The van der Waals surface area contributed by atoms with Crippen LogP contribution in [0.1, 0.15) is 38.8 Å². The molecule has 0 radical (unpaired) electrons. The van der Waals surface area contributed by atoms with Crippen molar-refractivity contribution in [2.45, 2.75) is 44.6 Å². The van der Waals surface area contributed by atoms with Gasteiger partial charge in [0.1, 0.15) is 0 Å². The van der Waals surface area contributed by atoms with Crippen molar-refractivity contribution in [1.29, 1.82) is 0 Å². The fourth-order valence-corrected chi connectivity index (χ4v) is 2.34. The number of para-hydroxylation sites is 1. The normalized spacial score (nSPS) is 13.2. The second kappa shape index (κ2) is 9.27. The molecule has 0 aromatic heterocycles. The summed E-state index contributed by atoms with van der Waals surface area (Å²) in [5.74, 6) is -0.812. The van der Waals surface area contributed by atoms with Gasteiger partial charge in [0.25, 0.3) is 5.69 Å². The van der Waals surface area contributed by atoms with Gasteiger partial charge in [-0.1, -0.05) is 18.2 Å². The molecule has 24 heavy (non-hydrogen) atoms. The van der Waals surface area contributed by atoms with Crippen LogP contribution in [-0.4, -0.2) is 34.4 Å². The largest absolute Gasteiger partial charge is 0.463 e. The van der Waals surface area contributed by atoms with Gasteiger partial charge in [-0.15, -0.1) is 0 Å². The molecule has 0 aliphatic rings. The molecule has 0 aliphatic heterocycles. The Labute approximate surface area is 145 Å². The molecule has 1 amide bonds. The minimum Gasteiger partial charge on any atom is -0.463 e. The number of ether oxygens (including phenoxy) is 1. The molecule has 2 atom stereocenters. The fraction of sp³-hybridized carbons (Fsp3) is 0.500. The summed E-state index contributed by atoms with van der Waals surface area (Å²) in [6.45, 7) is 5.15. The lowest BCUT2D eigenvalue weighted by molar-refractivity contribution is -0.385. The number of nitro groups is 1. The highest BCUT2D eigenvalue weighted by Gasteiger charge is 2.27. The number of nitrogens with zero attached hydrogens (tertiary/aromatic N) is 1. The third kappa shape index (κ3) is 5.84. The van der Waals surface area contributed by atoms with E-state index in [-0.39, 0.29) is 34.9 Å². The summed E-state index contributed by atoms with van der Waals surface area (Å²) in [7, 11) is 0. The Morgan fingerprint density at radius 2 is 1.92 bits per heavy atom. The van der Waals surface area contributed by atoms with E-state index in [1.807, 2.05) is 0 Å². The Balaban J connectivity index is 3.11. The predicted molar refractivity (Wildman–Crippen MR) is 92.8 cm³/mol. The third-order valence-corrected chi connectivity index (χ3v) is 4.21. The fourth-order valence-electron chi connectivity index (χ4n) is 2.06. The van der Waals surface area contributed by atoms with Crippen molar-refractivity contribution in [2.24, 2.45) is 0 Å². The van der Waals surface area contributed by atoms with E-state index in [4.69, 9.17) is 4.74 Å². The first-order chi connectivity index (χ1) is 11.3. The van der Waals surface area contributed by atoms with Gasteiger partial charge in [0.05, 0.1) is 34.3 Å². The van der Waals surface area contributed by atoms with Gasteiger partial charge in [-0.25, -0.2) is 0 Å². The Hall–Kier alpha value is -2.09. The van der Waals surface area contributed by atoms with Crippen molar-refractivity contribution < 1.29 is 19.2 Å². The van der Waals surface area contributed by atoms with E-state index in [2.05, 4.69) is 5.32 Å². The number of hydrogen-bond acceptors (Lipinski definition) is 6. The van der Waals surface area contributed by atoms with Gasteiger partial charge in [0, 0.05) is 6.07 Å². The van der Waals surface area contributed by atoms with Crippen molar-refractivity contribution in [3.63, 3.8) is 0 Å². The molecule has 1 aromatic carbocycles. The van der Waals surface area contributed by atoms with E-state index in [1.54, 1.807) is 33.1 Å². The molecular formula is C16H22N2O5S. The SMILES string of the molecule is CSC(C)C(=O)NC(CC(=O)OC(C)C)c1ccccc1[N+](=O)[O-]. The van der Waals surface area contributed by atoms with Crippen molar-refractivity contribution in [2.75, 3.05) is 6.26 Å². The van der Waals surface area contributed by atoms with Gasteiger partial charge in [0.2, 0.25) is 5.91 Å². The van der Waals surface area contributed by atoms with Gasteiger partial charge in [-0.05, 0) is 27.0 Å². The number of nitrogens with one attached hydrogen (secondary N) is 1. The highest BCUT2D eigenvalue weighted by Crippen LogP contribution is 2.28.